The first-order valence-corrected chi connectivity index (χ1v) is 7.94. The average Bonchev–Trinajstić information content (AvgIpc) is 2.26. The van der Waals surface area contributed by atoms with Gasteiger partial charge in [0, 0.05) is 11.8 Å². The molecular weight excluding hydrogens is 228 g/mol. The van der Waals surface area contributed by atoms with Crippen LogP contribution in [0.5, 0.6) is 0 Å². The number of aliphatic imine (C=N–C) groups is 1. The summed E-state index contributed by atoms with van der Waals surface area (Å²) in [6, 6.07) is 1.07. The highest BCUT2D eigenvalue weighted by molar-refractivity contribution is 8.13. The van der Waals surface area contributed by atoms with Gasteiger partial charge in [-0.05, 0) is 38.0 Å². The third-order valence-corrected chi connectivity index (χ3v) is 4.19. The highest BCUT2D eigenvalue weighted by Gasteiger charge is 2.19. The molecule has 17 heavy (non-hydrogen) atoms. The van der Waals surface area contributed by atoms with Gasteiger partial charge in [-0.25, -0.2) is 0 Å². The van der Waals surface area contributed by atoms with Crippen LogP contribution in [-0.4, -0.2) is 23.0 Å². The van der Waals surface area contributed by atoms with Gasteiger partial charge >= 0.3 is 0 Å². The smallest absolute Gasteiger partial charge is 0.157 e. The normalized spacial score (nSPS) is 22.8. The summed E-state index contributed by atoms with van der Waals surface area (Å²) in [6.45, 7) is 11.4. The predicted octanol–water partition coefficient (Wildman–Crippen LogP) is 3.92. The van der Waals surface area contributed by atoms with Gasteiger partial charge in [-0.2, -0.15) is 0 Å². The van der Waals surface area contributed by atoms with Crippen LogP contribution in [0.25, 0.3) is 0 Å². The Balaban J connectivity index is 2.39. The van der Waals surface area contributed by atoms with E-state index >= 15 is 0 Å². The highest BCUT2D eigenvalue weighted by Crippen LogP contribution is 2.22. The zero-order chi connectivity index (χ0) is 12.8. The summed E-state index contributed by atoms with van der Waals surface area (Å²) in [5.74, 6) is 2.67. The minimum Gasteiger partial charge on any atom is -0.362 e. The fourth-order valence-electron chi connectivity index (χ4n) is 1.96. The van der Waals surface area contributed by atoms with Crippen LogP contribution in [0.4, 0.5) is 0 Å². The van der Waals surface area contributed by atoms with Gasteiger partial charge < -0.3 is 5.32 Å². The van der Waals surface area contributed by atoms with Crippen LogP contribution in [-0.2, 0) is 0 Å². The van der Waals surface area contributed by atoms with Crippen LogP contribution in [0.1, 0.15) is 53.9 Å². The van der Waals surface area contributed by atoms with Crippen molar-refractivity contribution in [3.63, 3.8) is 0 Å². The molecule has 2 nitrogen and oxygen atoms in total. The molecule has 0 aromatic rings. The molecule has 1 heterocycles. The van der Waals surface area contributed by atoms with Gasteiger partial charge in [-0.3, -0.25) is 4.99 Å². The molecule has 0 aromatic heterocycles. The number of nitrogens with one attached hydrogen (secondary N) is 1. The molecule has 1 rings (SSSR count). The average molecular weight is 256 g/mol. The molecule has 2 atom stereocenters. The van der Waals surface area contributed by atoms with Gasteiger partial charge in [0.05, 0.1) is 6.04 Å². The Kier molecular flexibility index (Phi) is 6.39. The quantitative estimate of drug-likeness (QED) is 0.806. The molecule has 0 bridgehead atoms. The zero-order valence-electron chi connectivity index (χ0n) is 12.0. The lowest BCUT2D eigenvalue weighted by atomic mass is 10.0. The molecule has 0 radical (unpaired) electrons. The second-order valence-corrected chi connectivity index (χ2v) is 6.98. The molecule has 0 spiro atoms. The number of hydrogen-bond acceptors (Lipinski definition) is 3. The molecule has 0 saturated carbocycles. The number of hydrogen-bond donors (Lipinski definition) is 1. The van der Waals surface area contributed by atoms with E-state index in [1.165, 1.54) is 30.2 Å². The van der Waals surface area contributed by atoms with Gasteiger partial charge in [-0.1, -0.05) is 39.5 Å². The van der Waals surface area contributed by atoms with Crippen molar-refractivity contribution in [2.75, 3.05) is 5.75 Å². The molecule has 100 valence electrons. The summed E-state index contributed by atoms with van der Waals surface area (Å²) in [5.41, 5.74) is 0. The fourth-order valence-corrected chi connectivity index (χ4v) is 3.00. The van der Waals surface area contributed by atoms with Gasteiger partial charge in [0.2, 0.25) is 0 Å². The van der Waals surface area contributed by atoms with Crippen LogP contribution < -0.4 is 5.32 Å². The standard InChI is InChI=1S/C14H28N2S/c1-10(2)6-7-12(5)15-14-16-13(11(3)4)8-9-17-14/h10-13H,6-9H2,1-5H3,(H,15,16). The van der Waals surface area contributed by atoms with Crippen molar-refractivity contribution in [3.8, 4) is 0 Å². The first-order valence-electron chi connectivity index (χ1n) is 6.96. The molecule has 0 fully saturated rings. The molecule has 2 unspecified atom stereocenters. The molecule has 1 N–H and O–H groups in total. The molecular formula is C14H28N2S. The van der Waals surface area contributed by atoms with E-state index in [0.717, 1.165) is 5.92 Å². The summed E-state index contributed by atoms with van der Waals surface area (Å²) < 4.78 is 0. The summed E-state index contributed by atoms with van der Waals surface area (Å²) in [5, 5.41) is 4.74. The van der Waals surface area contributed by atoms with E-state index in [2.05, 4.69) is 39.9 Å². The molecule has 0 saturated heterocycles. The number of thioether (sulfide) groups is 1. The van der Waals surface area contributed by atoms with Crippen molar-refractivity contribution in [3.05, 3.63) is 0 Å². The molecule has 3 heteroatoms. The lowest BCUT2D eigenvalue weighted by Crippen LogP contribution is -2.35. The third-order valence-electron chi connectivity index (χ3n) is 3.25. The van der Waals surface area contributed by atoms with Gasteiger partial charge in [0.15, 0.2) is 5.17 Å². The van der Waals surface area contributed by atoms with Gasteiger partial charge in [-0.15, -0.1) is 0 Å². The monoisotopic (exact) mass is 256 g/mol. The Morgan fingerprint density at radius 3 is 2.53 bits per heavy atom. The van der Waals surface area contributed by atoms with Crippen molar-refractivity contribution in [2.24, 2.45) is 16.8 Å². The fraction of sp³-hybridized carbons (Fsp3) is 0.929. The van der Waals surface area contributed by atoms with Crippen molar-refractivity contribution in [2.45, 2.75) is 66.0 Å². The maximum atomic E-state index is 4.82. The Bertz CT molecular complexity index is 249. The maximum Gasteiger partial charge on any atom is 0.157 e. The molecule has 0 aromatic carbocycles. The van der Waals surface area contributed by atoms with Gasteiger partial charge in [0.25, 0.3) is 0 Å². The van der Waals surface area contributed by atoms with E-state index in [0.29, 0.717) is 18.0 Å². The van der Waals surface area contributed by atoms with Crippen molar-refractivity contribution in [1.29, 1.82) is 0 Å². The predicted molar refractivity (Wildman–Crippen MR) is 79.8 cm³/mol. The van der Waals surface area contributed by atoms with E-state index in [1.54, 1.807) is 0 Å². The van der Waals surface area contributed by atoms with Crippen molar-refractivity contribution < 1.29 is 0 Å². The third kappa shape index (κ3) is 5.80. The Morgan fingerprint density at radius 1 is 1.24 bits per heavy atom. The van der Waals surface area contributed by atoms with E-state index in [-0.39, 0.29) is 0 Å². The summed E-state index contributed by atoms with van der Waals surface area (Å²) in [7, 11) is 0. The molecule has 1 aliphatic heterocycles. The van der Waals surface area contributed by atoms with Crippen molar-refractivity contribution in [1.82, 2.24) is 5.32 Å². The van der Waals surface area contributed by atoms with Crippen LogP contribution in [0.15, 0.2) is 4.99 Å². The minimum atomic E-state index is 0.524. The Morgan fingerprint density at radius 2 is 1.94 bits per heavy atom. The summed E-state index contributed by atoms with van der Waals surface area (Å²) in [4.78, 5) is 4.82. The first kappa shape index (κ1) is 14.9. The second kappa shape index (κ2) is 7.30. The largest absolute Gasteiger partial charge is 0.362 e. The van der Waals surface area contributed by atoms with Crippen LogP contribution in [0, 0.1) is 11.8 Å². The SMILES string of the molecule is CC(C)CCC(C)NC1=NC(C(C)C)CCS1. The molecule has 0 aliphatic carbocycles. The van der Waals surface area contributed by atoms with Crippen LogP contribution in [0.3, 0.4) is 0 Å². The van der Waals surface area contributed by atoms with Crippen LogP contribution >= 0.6 is 11.8 Å². The molecule has 0 amide bonds. The van der Waals surface area contributed by atoms with E-state index in [1.807, 2.05) is 11.8 Å². The lowest BCUT2D eigenvalue weighted by Gasteiger charge is -2.25. The first-order chi connectivity index (χ1) is 7.99. The van der Waals surface area contributed by atoms with E-state index in [4.69, 9.17) is 4.99 Å². The lowest BCUT2D eigenvalue weighted by molar-refractivity contribution is 0.473. The second-order valence-electron chi connectivity index (χ2n) is 5.90. The van der Waals surface area contributed by atoms with E-state index in [9.17, 15) is 0 Å². The minimum absolute atomic E-state index is 0.524. The van der Waals surface area contributed by atoms with Crippen LogP contribution in [0.2, 0.25) is 0 Å². The Hall–Kier alpha value is -0.180. The number of amidine groups is 1. The van der Waals surface area contributed by atoms with Gasteiger partial charge in [0.1, 0.15) is 0 Å². The van der Waals surface area contributed by atoms with E-state index < -0.39 is 0 Å². The summed E-state index contributed by atoms with van der Waals surface area (Å²) in [6.07, 6.45) is 3.76. The Labute approximate surface area is 111 Å². The number of rotatable bonds is 5. The number of nitrogens with zero attached hydrogens (tertiary/aromatic N) is 1. The zero-order valence-corrected chi connectivity index (χ0v) is 12.8. The highest BCUT2D eigenvalue weighted by atomic mass is 32.2. The topological polar surface area (TPSA) is 24.4 Å². The van der Waals surface area contributed by atoms with Crippen molar-refractivity contribution >= 4 is 16.9 Å². The maximum absolute atomic E-state index is 4.82. The molecule has 1 aliphatic rings. The summed E-state index contributed by atoms with van der Waals surface area (Å²) >= 11 is 1.89.